The van der Waals surface area contributed by atoms with Gasteiger partial charge >= 0.3 is 0 Å². The molecule has 0 aliphatic carbocycles. The summed E-state index contributed by atoms with van der Waals surface area (Å²) in [7, 11) is 0. The van der Waals surface area contributed by atoms with E-state index in [1.54, 1.807) is 23.1 Å². The van der Waals surface area contributed by atoms with E-state index in [4.69, 9.17) is 0 Å². The van der Waals surface area contributed by atoms with Crippen molar-refractivity contribution in [2.75, 3.05) is 12.3 Å². The van der Waals surface area contributed by atoms with E-state index in [1.165, 1.54) is 0 Å². The normalized spacial score (nSPS) is 13.4. The number of hydrogen-bond donors (Lipinski definition) is 1. The molecule has 1 aromatic rings. The van der Waals surface area contributed by atoms with E-state index in [-0.39, 0.29) is 0 Å². The fourth-order valence-electron chi connectivity index (χ4n) is 1.05. The maximum Gasteiger partial charge on any atom is 0.174 e. The zero-order chi connectivity index (χ0) is 11.3. The average molecular weight is 245 g/mol. The zero-order valence-electron chi connectivity index (χ0n) is 9.78. The Morgan fingerprint density at radius 1 is 1.33 bits per heavy atom. The van der Waals surface area contributed by atoms with E-state index in [2.05, 4.69) is 36.3 Å². The third-order valence-corrected chi connectivity index (χ3v) is 4.17. The molecule has 3 nitrogen and oxygen atoms in total. The molecule has 1 N–H and O–H groups in total. The molecule has 0 spiro atoms. The van der Waals surface area contributed by atoms with Gasteiger partial charge in [-0.25, -0.2) is 0 Å². The SMILES string of the molecule is Cc1nnc(SCC(C)CNC(C)C)s1. The Kier molecular flexibility index (Phi) is 5.56. The molecule has 0 fully saturated rings. The summed E-state index contributed by atoms with van der Waals surface area (Å²) in [5.74, 6) is 1.77. The van der Waals surface area contributed by atoms with E-state index in [0.29, 0.717) is 12.0 Å². The zero-order valence-corrected chi connectivity index (χ0v) is 11.4. The monoisotopic (exact) mass is 245 g/mol. The van der Waals surface area contributed by atoms with Gasteiger partial charge in [-0.1, -0.05) is 43.9 Å². The van der Waals surface area contributed by atoms with Crippen LogP contribution in [0.1, 0.15) is 25.8 Å². The van der Waals surface area contributed by atoms with Gasteiger partial charge in [0, 0.05) is 11.8 Å². The summed E-state index contributed by atoms with van der Waals surface area (Å²) in [6.45, 7) is 9.67. The molecule has 1 unspecified atom stereocenters. The second-order valence-electron chi connectivity index (χ2n) is 4.07. The summed E-state index contributed by atoms with van der Waals surface area (Å²) in [5.41, 5.74) is 0. The highest BCUT2D eigenvalue weighted by atomic mass is 32.2. The van der Waals surface area contributed by atoms with Crippen molar-refractivity contribution in [1.82, 2.24) is 15.5 Å². The topological polar surface area (TPSA) is 37.8 Å². The molecule has 5 heteroatoms. The molecule has 0 aromatic carbocycles. The van der Waals surface area contributed by atoms with E-state index >= 15 is 0 Å². The highest BCUT2D eigenvalue weighted by Gasteiger charge is 2.06. The van der Waals surface area contributed by atoms with Crippen LogP contribution >= 0.6 is 23.1 Å². The molecule has 1 heterocycles. The third-order valence-electron chi connectivity index (χ3n) is 1.87. The Labute approximate surface area is 100 Å². The summed E-state index contributed by atoms with van der Waals surface area (Å²) in [6.07, 6.45) is 0. The Hall–Kier alpha value is -0.130. The number of rotatable bonds is 6. The molecule has 0 radical (unpaired) electrons. The van der Waals surface area contributed by atoms with Crippen LogP contribution < -0.4 is 5.32 Å². The highest BCUT2D eigenvalue weighted by Crippen LogP contribution is 2.23. The van der Waals surface area contributed by atoms with Gasteiger partial charge in [-0.3, -0.25) is 0 Å². The van der Waals surface area contributed by atoms with Gasteiger partial charge in [-0.15, -0.1) is 10.2 Å². The molecule has 0 bridgehead atoms. The molecule has 0 aliphatic rings. The van der Waals surface area contributed by atoms with Gasteiger partial charge < -0.3 is 5.32 Å². The van der Waals surface area contributed by atoms with Gasteiger partial charge in [0.25, 0.3) is 0 Å². The van der Waals surface area contributed by atoms with E-state index in [0.717, 1.165) is 21.6 Å². The van der Waals surface area contributed by atoms with Crippen molar-refractivity contribution < 1.29 is 0 Å². The quantitative estimate of drug-likeness (QED) is 0.782. The van der Waals surface area contributed by atoms with E-state index in [1.807, 2.05) is 6.92 Å². The largest absolute Gasteiger partial charge is 0.314 e. The summed E-state index contributed by atoms with van der Waals surface area (Å²) >= 11 is 3.48. The molecule has 1 atom stereocenters. The fraction of sp³-hybridized carbons (Fsp3) is 0.800. The van der Waals surface area contributed by atoms with Crippen molar-refractivity contribution >= 4 is 23.1 Å². The first kappa shape index (κ1) is 12.9. The fourth-order valence-corrected chi connectivity index (χ4v) is 2.91. The van der Waals surface area contributed by atoms with Crippen LogP contribution in [0, 0.1) is 12.8 Å². The van der Waals surface area contributed by atoms with Gasteiger partial charge in [-0.2, -0.15) is 0 Å². The van der Waals surface area contributed by atoms with Gasteiger partial charge in [0.2, 0.25) is 0 Å². The predicted octanol–water partition coefficient (Wildman–Crippen LogP) is 2.57. The number of thioether (sulfide) groups is 1. The maximum absolute atomic E-state index is 4.09. The molecule has 0 saturated carbocycles. The van der Waals surface area contributed by atoms with E-state index < -0.39 is 0 Å². The van der Waals surface area contributed by atoms with Crippen molar-refractivity contribution in [1.29, 1.82) is 0 Å². The van der Waals surface area contributed by atoms with E-state index in [9.17, 15) is 0 Å². The lowest BCUT2D eigenvalue weighted by Gasteiger charge is -2.13. The Morgan fingerprint density at radius 3 is 2.60 bits per heavy atom. The van der Waals surface area contributed by atoms with Crippen molar-refractivity contribution in [3.05, 3.63) is 5.01 Å². The standard InChI is InChI=1S/C10H19N3S2/c1-7(2)11-5-8(3)6-14-10-13-12-9(4)15-10/h7-8,11H,5-6H2,1-4H3. The molecule has 0 amide bonds. The van der Waals surface area contributed by atoms with Crippen molar-refractivity contribution in [2.24, 2.45) is 5.92 Å². The van der Waals surface area contributed by atoms with Crippen LogP contribution in [0.3, 0.4) is 0 Å². The van der Waals surface area contributed by atoms with Crippen LogP contribution in [0.5, 0.6) is 0 Å². The lowest BCUT2D eigenvalue weighted by Crippen LogP contribution is -2.28. The third kappa shape index (κ3) is 5.49. The van der Waals surface area contributed by atoms with Crippen molar-refractivity contribution in [2.45, 2.75) is 38.1 Å². The molecule has 1 rings (SSSR count). The van der Waals surface area contributed by atoms with Crippen LogP contribution in [-0.4, -0.2) is 28.5 Å². The van der Waals surface area contributed by atoms with Gasteiger partial charge in [0.1, 0.15) is 5.01 Å². The Morgan fingerprint density at radius 2 is 2.07 bits per heavy atom. The average Bonchev–Trinajstić information content (AvgIpc) is 2.58. The smallest absolute Gasteiger partial charge is 0.174 e. The first-order valence-corrected chi connectivity index (χ1v) is 7.04. The predicted molar refractivity (Wildman–Crippen MR) is 67.7 cm³/mol. The van der Waals surface area contributed by atoms with Crippen molar-refractivity contribution in [3.63, 3.8) is 0 Å². The van der Waals surface area contributed by atoms with Gasteiger partial charge in [0.05, 0.1) is 0 Å². The van der Waals surface area contributed by atoms with Crippen LogP contribution in [0.25, 0.3) is 0 Å². The first-order valence-electron chi connectivity index (χ1n) is 5.24. The molecule has 86 valence electrons. The van der Waals surface area contributed by atoms with Crippen LogP contribution in [0.2, 0.25) is 0 Å². The van der Waals surface area contributed by atoms with Crippen LogP contribution in [0.15, 0.2) is 4.34 Å². The summed E-state index contributed by atoms with van der Waals surface area (Å²) < 4.78 is 1.09. The number of aryl methyl sites for hydroxylation is 1. The van der Waals surface area contributed by atoms with Gasteiger partial charge in [0.15, 0.2) is 4.34 Å². The first-order chi connectivity index (χ1) is 7.08. The lowest BCUT2D eigenvalue weighted by atomic mass is 10.2. The summed E-state index contributed by atoms with van der Waals surface area (Å²) in [4.78, 5) is 0. The van der Waals surface area contributed by atoms with Gasteiger partial charge in [-0.05, 0) is 19.4 Å². The minimum atomic E-state index is 0.571. The Bertz CT molecular complexity index is 286. The molecular formula is C10H19N3S2. The second-order valence-corrected chi connectivity index (χ2v) is 6.51. The molecule has 0 saturated heterocycles. The molecule has 1 aromatic heterocycles. The van der Waals surface area contributed by atoms with Crippen LogP contribution in [0.4, 0.5) is 0 Å². The molecule has 0 aliphatic heterocycles. The molecular weight excluding hydrogens is 226 g/mol. The minimum absolute atomic E-state index is 0.571. The number of hydrogen-bond acceptors (Lipinski definition) is 5. The summed E-state index contributed by atoms with van der Waals surface area (Å²) in [5, 5.41) is 12.6. The maximum atomic E-state index is 4.09. The van der Waals surface area contributed by atoms with Crippen LogP contribution in [-0.2, 0) is 0 Å². The number of aromatic nitrogens is 2. The molecule has 15 heavy (non-hydrogen) atoms. The summed E-state index contributed by atoms with van der Waals surface area (Å²) in [6, 6.07) is 0.571. The number of nitrogens with zero attached hydrogens (tertiary/aromatic N) is 2. The second kappa shape index (κ2) is 6.45. The Balaban J connectivity index is 2.19. The minimum Gasteiger partial charge on any atom is -0.314 e. The lowest BCUT2D eigenvalue weighted by molar-refractivity contribution is 0.510. The highest BCUT2D eigenvalue weighted by molar-refractivity contribution is 8.01. The number of nitrogens with one attached hydrogen (secondary N) is 1. The van der Waals surface area contributed by atoms with Crippen molar-refractivity contribution in [3.8, 4) is 0 Å².